The molecule has 7 nitrogen and oxygen atoms in total. The Hall–Kier alpha value is -2.05. The zero-order chi connectivity index (χ0) is 13.5. The Labute approximate surface area is 103 Å². The van der Waals surface area contributed by atoms with Crippen LogP contribution in [0.5, 0.6) is 0 Å². The predicted molar refractivity (Wildman–Crippen MR) is 62.5 cm³/mol. The van der Waals surface area contributed by atoms with Gasteiger partial charge in [0.05, 0.1) is 0 Å². The van der Waals surface area contributed by atoms with E-state index in [0.29, 0.717) is 19.4 Å². The number of carbonyl (C=O) groups excluding carboxylic acids is 1. The van der Waals surface area contributed by atoms with E-state index in [9.17, 15) is 14.4 Å². The monoisotopic (exact) mass is 256 g/mol. The van der Waals surface area contributed by atoms with Gasteiger partial charge in [0, 0.05) is 19.9 Å². The first-order valence-corrected chi connectivity index (χ1v) is 5.70. The molecule has 0 unspecified atom stereocenters. The molecule has 3 N–H and O–H groups in total. The van der Waals surface area contributed by atoms with Crippen molar-refractivity contribution in [3.05, 3.63) is 22.0 Å². The number of carbonyl (C=O) groups is 2. The molecule has 0 spiro atoms. The molecule has 0 aliphatic heterocycles. The third-order valence-electron chi connectivity index (χ3n) is 2.39. The molecule has 0 aliphatic rings. The Kier molecular flexibility index (Phi) is 5.16. The number of hydrogen-bond acceptors (Lipinski definition) is 4. The SMILES string of the molecule is CC(=O)NCCCCCc1oc(=O)[nH]c1C(=O)O. The number of aromatic carboxylic acids is 1. The highest BCUT2D eigenvalue weighted by atomic mass is 16.4. The Morgan fingerprint density at radius 3 is 2.67 bits per heavy atom. The van der Waals surface area contributed by atoms with Gasteiger partial charge >= 0.3 is 11.7 Å². The molecule has 0 fully saturated rings. The molecule has 1 aromatic rings. The first-order valence-electron chi connectivity index (χ1n) is 5.70. The van der Waals surface area contributed by atoms with Crippen molar-refractivity contribution in [2.75, 3.05) is 6.54 Å². The molecule has 0 atom stereocenters. The lowest BCUT2D eigenvalue weighted by molar-refractivity contribution is -0.118. The van der Waals surface area contributed by atoms with Gasteiger partial charge in [-0.15, -0.1) is 0 Å². The molecule has 1 rings (SSSR count). The minimum Gasteiger partial charge on any atom is -0.476 e. The van der Waals surface area contributed by atoms with Crippen LogP contribution in [-0.4, -0.2) is 28.5 Å². The van der Waals surface area contributed by atoms with Crippen LogP contribution in [0.1, 0.15) is 42.4 Å². The number of carboxylic acid groups (broad SMARTS) is 1. The second-order valence-electron chi connectivity index (χ2n) is 3.91. The normalized spacial score (nSPS) is 10.3. The minimum atomic E-state index is -1.20. The third-order valence-corrected chi connectivity index (χ3v) is 2.39. The summed E-state index contributed by atoms with van der Waals surface area (Å²) in [5.41, 5.74) is -0.179. The number of nitrogens with one attached hydrogen (secondary N) is 2. The summed E-state index contributed by atoms with van der Waals surface area (Å²) in [5, 5.41) is 11.5. The second kappa shape index (κ2) is 6.63. The number of aromatic nitrogens is 1. The van der Waals surface area contributed by atoms with E-state index in [0.717, 1.165) is 12.8 Å². The van der Waals surface area contributed by atoms with Crippen LogP contribution in [0.3, 0.4) is 0 Å². The van der Waals surface area contributed by atoms with Gasteiger partial charge in [-0.25, -0.2) is 9.59 Å². The van der Waals surface area contributed by atoms with Gasteiger partial charge in [-0.3, -0.25) is 9.78 Å². The third kappa shape index (κ3) is 4.44. The van der Waals surface area contributed by atoms with Crippen molar-refractivity contribution in [2.45, 2.75) is 32.6 Å². The highest BCUT2D eigenvalue weighted by molar-refractivity contribution is 5.86. The van der Waals surface area contributed by atoms with E-state index in [1.807, 2.05) is 0 Å². The fourth-order valence-electron chi connectivity index (χ4n) is 1.56. The van der Waals surface area contributed by atoms with E-state index in [2.05, 4.69) is 10.3 Å². The summed E-state index contributed by atoms with van der Waals surface area (Å²) in [6.45, 7) is 2.05. The number of rotatable bonds is 7. The molecule has 0 saturated heterocycles. The number of carboxylic acids is 1. The first kappa shape index (κ1) is 14.0. The number of unbranched alkanes of at least 4 members (excludes halogenated alkanes) is 2. The minimum absolute atomic E-state index is 0.0696. The summed E-state index contributed by atoms with van der Waals surface area (Å²) >= 11 is 0. The highest BCUT2D eigenvalue weighted by Gasteiger charge is 2.15. The molecule has 0 bridgehead atoms. The molecule has 7 heteroatoms. The summed E-state index contributed by atoms with van der Waals surface area (Å²) in [6.07, 6.45) is 2.70. The van der Waals surface area contributed by atoms with Crippen molar-refractivity contribution in [1.29, 1.82) is 0 Å². The zero-order valence-corrected chi connectivity index (χ0v) is 10.1. The topological polar surface area (TPSA) is 112 Å². The molecule has 0 radical (unpaired) electrons. The fraction of sp³-hybridized carbons (Fsp3) is 0.545. The van der Waals surface area contributed by atoms with Gasteiger partial charge in [-0.05, 0) is 12.8 Å². The van der Waals surface area contributed by atoms with Crippen LogP contribution >= 0.6 is 0 Å². The summed E-state index contributed by atoms with van der Waals surface area (Å²) in [5.74, 6) is -1.85. The lowest BCUT2D eigenvalue weighted by Crippen LogP contribution is -2.20. The van der Waals surface area contributed by atoms with Gasteiger partial charge in [-0.2, -0.15) is 0 Å². The van der Waals surface area contributed by atoms with Gasteiger partial charge in [0.25, 0.3) is 0 Å². The van der Waals surface area contributed by atoms with Gasteiger partial charge in [-0.1, -0.05) is 6.42 Å². The van der Waals surface area contributed by atoms with Crippen LogP contribution in [0.2, 0.25) is 0 Å². The van der Waals surface area contributed by atoms with Crippen LogP contribution in [-0.2, 0) is 11.2 Å². The Balaban J connectivity index is 2.33. The Morgan fingerprint density at radius 1 is 1.33 bits per heavy atom. The molecule has 0 saturated carbocycles. The summed E-state index contributed by atoms with van der Waals surface area (Å²) in [4.78, 5) is 34.4. The second-order valence-corrected chi connectivity index (χ2v) is 3.91. The molecule has 100 valence electrons. The van der Waals surface area contributed by atoms with Crippen LogP contribution in [0.15, 0.2) is 9.21 Å². The molecule has 0 aliphatic carbocycles. The van der Waals surface area contributed by atoms with Gasteiger partial charge in [0.1, 0.15) is 5.76 Å². The van der Waals surface area contributed by atoms with Crippen LogP contribution in [0, 0.1) is 0 Å². The smallest absolute Gasteiger partial charge is 0.417 e. The molecular formula is C11H16N2O5. The number of aryl methyl sites for hydroxylation is 1. The van der Waals surface area contributed by atoms with E-state index in [1.165, 1.54) is 6.92 Å². The number of hydrogen-bond donors (Lipinski definition) is 3. The van der Waals surface area contributed by atoms with Gasteiger partial charge in [0.15, 0.2) is 5.69 Å². The molecule has 1 amide bonds. The molecule has 18 heavy (non-hydrogen) atoms. The largest absolute Gasteiger partial charge is 0.476 e. The lowest BCUT2D eigenvalue weighted by Gasteiger charge is -2.01. The van der Waals surface area contributed by atoms with Crippen molar-refractivity contribution in [3.8, 4) is 0 Å². The maximum atomic E-state index is 10.9. The van der Waals surface area contributed by atoms with Crippen molar-refractivity contribution in [2.24, 2.45) is 0 Å². The average molecular weight is 256 g/mol. The van der Waals surface area contributed by atoms with Crippen LogP contribution in [0.4, 0.5) is 0 Å². The lowest BCUT2D eigenvalue weighted by atomic mass is 10.1. The summed E-state index contributed by atoms with van der Waals surface area (Å²) in [7, 11) is 0. The highest BCUT2D eigenvalue weighted by Crippen LogP contribution is 2.09. The maximum absolute atomic E-state index is 10.9. The van der Waals surface area contributed by atoms with Crippen molar-refractivity contribution in [1.82, 2.24) is 10.3 Å². The standard InChI is InChI=1S/C11H16N2O5/c1-7(14)12-6-4-2-3-5-8-9(10(15)16)13-11(17)18-8/h2-6H2,1H3,(H,12,14)(H,13,17)(H,15,16). The zero-order valence-electron chi connectivity index (χ0n) is 10.1. The van der Waals surface area contributed by atoms with Crippen LogP contribution < -0.4 is 11.1 Å². The molecule has 1 aromatic heterocycles. The first-order chi connectivity index (χ1) is 8.50. The number of amides is 1. The quantitative estimate of drug-likeness (QED) is 0.615. The van der Waals surface area contributed by atoms with Gasteiger partial charge < -0.3 is 14.8 Å². The molecule has 0 aromatic carbocycles. The van der Waals surface area contributed by atoms with E-state index < -0.39 is 11.7 Å². The fourth-order valence-corrected chi connectivity index (χ4v) is 1.56. The van der Waals surface area contributed by atoms with Gasteiger partial charge in [0.2, 0.25) is 5.91 Å². The van der Waals surface area contributed by atoms with E-state index in [-0.39, 0.29) is 17.4 Å². The summed E-state index contributed by atoms with van der Waals surface area (Å²) in [6, 6.07) is 0. The van der Waals surface area contributed by atoms with E-state index >= 15 is 0 Å². The van der Waals surface area contributed by atoms with Crippen molar-refractivity contribution < 1.29 is 19.1 Å². The average Bonchev–Trinajstić information content (AvgIpc) is 2.64. The number of H-pyrrole nitrogens is 1. The van der Waals surface area contributed by atoms with Crippen molar-refractivity contribution in [3.63, 3.8) is 0 Å². The van der Waals surface area contributed by atoms with E-state index in [1.54, 1.807) is 0 Å². The molecule has 1 heterocycles. The maximum Gasteiger partial charge on any atom is 0.417 e. The van der Waals surface area contributed by atoms with Crippen LogP contribution in [0.25, 0.3) is 0 Å². The Bertz CT molecular complexity index is 474. The summed E-state index contributed by atoms with van der Waals surface area (Å²) < 4.78 is 4.76. The number of oxazole rings is 1. The van der Waals surface area contributed by atoms with E-state index in [4.69, 9.17) is 9.52 Å². The predicted octanol–water partition coefficient (Wildman–Crippen LogP) is 0.515. The number of aromatic amines is 1. The Morgan fingerprint density at radius 2 is 2.06 bits per heavy atom. The van der Waals surface area contributed by atoms with Crippen molar-refractivity contribution >= 4 is 11.9 Å². The molecular weight excluding hydrogens is 240 g/mol.